The van der Waals surface area contributed by atoms with Crippen molar-refractivity contribution in [3.63, 3.8) is 0 Å². The predicted molar refractivity (Wildman–Crippen MR) is 121 cm³/mol. The van der Waals surface area contributed by atoms with Gasteiger partial charge < -0.3 is 34.6 Å². The van der Waals surface area contributed by atoms with Crippen LogP contribution < -0.4 is 0 Å². The van der Waals surface area contributed by atoms with Gasteiger partial charge in [0.25, 0.3) is 0 Å². The van der Waals surface area contributed by atoms with Gasteiger partial charge in [0.2, 0.25) is 0 Å². The number of unbranched alkanes of at least 4 members (excludes halogenated alkanes) is 1. The zero-order chi connectivity index (χ0) is 25.9. The fourth-order valence-electron chi connectivity index (χ4n) is 1.22. The molecule has 0 aromatic carbocycles. The number of ether oxygens (including phenoxy) is 3. The van der Waals surface area contributed by atoms with Crippen LogP contribution in [-0.2, 0) is 50.3 Å². The molecule has 0 radical (unpaired) electrons. The van der Waals surface area contributed by atoms with E-state index >= 15 is 0 Å². The van der Waals surface area contributed by atoms with Crippen LogP contribution in [0.4, 0.5) is 0 Å². The van der Waals surface area contributed by atoms with Gasteiger partial charge in [-0.25, -0.2) is 14.4 Å². The van der Waals surface area contributed by atoms with E-state index in [4.69, 9.17) is 20.4 Å². The summed E-state index contributed by atoms with van der Waals surface area (Å²) in [5, 5.41) is 33.6. The van der Waals surface area contributed by atoms with Crippen LogP contribution in [0.5, 0.6) is 0 Å². The van der Waals surface area contributed by atoms with E-state index in [1.165, 1.54) is 20.8 Å². The third-order valence-corrected chi connectivity index (χ3v) is 2.35. The van der Waals surface area contributed by atoms with E-state index in [0.717, 1.165) is 31.1 Å². The molecule has 0 atom stereocenters. The number of rotatable bonds is 8. The maximum atomic E-state index is 10.4. The van der Waals surface area contributed by atoms with Gasteiger partial charge in [0.15, 0.2) is 0 Å². The standard InChI is InChI=1S/3C6H10O3.C4H10O.Ti/c3*1-3-9-6(8)4-5(2)7;1-2-3-4-5;/h3*4,7H,3H2,1-2H3;5H,2-4H2,1H3;. The van der Waals surface area contributed by atoms with Crippen LogP contribution in [0.2, 0.25) is 0 Å². The Bertz CT molecular complexity index is 494. The first-order valence-corrected chi connectivity index (χ1v) is 10.1. The molecule has 0 aliphatic carbocycles. The van der Waals surface area contributed by atoms with E-state index < -0.39 is 17.9 Å². The average molecular weight is 512 g/mol. The normalized spacial score (nSPS) is 10.4. The van der Waals surface area contributed by atoms with Crippen molar-refractivity contribution < 1.29 is 70.7 Å². The first-order chi connectivity index (χ1) is 14.9. The molecule has 0 rings (SSSR count). The van der Waals surface area contributed by atoms with Gasteiger partial charge in [-0.05, 0) is 48.0 Å². The molecule has 33 heavy (non-hydrogen) atoms. The number of aliphatic hydroxyl groups excluding tert-OH is 4. The summed E-state index contributed by atoms with van der Waals surface area (Å²) >= 11 is 0. The van der Waals surface area contributed by atoms with Crippen LogP contribution in [0.15, 0.2) is 35.5 Å². The van der Waals surface area contributed by atoms with Crippen molar-refractivity contribution in [3.05, 3.63) is 35.5 Å². The molecule has 0 saturated heterocycles. The van der Waals surface area contributed by atoms with Crippen molar-refractivity contribution in [2.45, 2.75) is 61.3 Å². The van der Waals surface area contributed by atoms with Crippen LogP contribution in [0.1, 0.15) is 61.3 Å². The van der Waals surface area contributed by atoms with Crippen LogP contribution in [0.25, 0.3) is 0 Å². The Morgan fingerprint density at radius 3 is 0.970 bits per heavy atom. The van der Waals surface area contributed by atoms with Crippen molar-refractivity contribution in [1.82, 2.24) is 0 Å². The van der Waals surface area contributed by atoms with Crippen molar-refractivity contribution in [2.75, 3.05) is 26.4 Å². The summed E-state index contributed by atoms with van der Waals surface area (Å²) in [5.74, 6) is -1.61. The van der Waals surface area contributed by atoms with Crippen LogP contribution in [0.3, 0.4) is 0 Å². The molecule has 0 spiro atoms. The van der Waals surface area contributed by atoms with Gasteiger partial charge in [-0.1, -0.05) is 13.3 Å². The molecule has 0 bridgehead atoms. The Balaban J connectivity index is -0.000000107. The monoisotopic (exact) mass is 512 g/mol. The molecule has 0 fully saturated rings. The summed E-state index contributed by atoms with van der Waals surface area (Å²) in [4.78, 5) is 31.2. The quantitative estimate of drug-likeness (QED) is 0.124. The summed E-state index contributed by atoms with van der Waals surface area (Å²) in [6.07, 6.45) is 5.13. The molecule has 0 aromatic heterocycles. The molecule has 0 aromatic rings. The number of aliphatic hydroxyl groups is 4. The maximum Gasteiger partial charge on any atom is 0.334 e. The smallest absolute Gasteiger partial charge is 0.334 e. The fourth-order valence-corrected chi connectivity index (χ4v) is 1.22. The van der Waals surface area contributed by atoms with Gasteiger partial charge in [-0.15, -0.1) is 0 Å². The zero-order valence-corrected chi connectivity index (χ0v) is 22.3. The Kier molecular flexibility index (Phi) is 39.6. The third kappa shape index (κ3) is 53.2. The van der Waals surface area contributed by atoms with E-state index in [1.54, 1.807) is 20.8 Å². The summed E-state index contributed by atoms with van der Waals surface area (Å²) in [7, 11) is 0. The first kappa shape index (κ1) is 41.0. The average Bonchev–Trinajstić information content (AvgIpc) is 2.62. The Labute approximate surface area is 211 Å². The molecule has 11 heteroatoms. The SMILES string of the molecule is CCCCO.CCOC(=O)C=C(C)O.CCOC(=O)C=C(C)O.CCOC(=O)C=C(C)O.[Ti]. The number of esters is 3. The van der Waals surface area contributed by atoms with Crippen LogP contribution >= 0.6 is 0 Å². The van der Waals surface area contributed by atoms with E-state index in [1.807, 2.05) is 0 Å². The predicted octanol–water partition coefficient (Wildman–Crippen LogP) is 3.81. The molecule has 0 aliphatic rings. The second-order valence-corrected chi connectivity index (χ2v) is 5.69. The molecule has 0 saturated carbocycles. The Morgan fingerprint density at radius 2 is 0.879 bits per heavy atom. The fraction of sp³-hybridized carbons (Fsp3) is 0.591. The van der Waals surface area contributed by atoms with Gasteiger partial charge in [0.05, 0.1) is 55.3 Å². The molecule has 4 N–H and O–H groups in total. The van der Waals surface area contributed by atoms with E-state index in [-0.39, 0.29) is 39.0 Å². The van der Waals surface area contributed by atoms with Crippen molar-refractivity contribution in [1.29, 1.82) is 0 Å². The minimum Gasteiger partial charge on any atom is -0.512 e. The molecular weight excluding hydrogens is 472 g/mol. The van der Waals surface area contributed by atoms with E-state index in [9.17, 15) is 14.4 Å². The van der Waals surface area contributed by atoms with Crippen molar-refractivity contribution in [3.8, 4) is 0 Å². The summed E-state index contributed by atoms with van der Waals surface area (Å²) in [6.45, 7) is 12.8. The van der Waals surface area contributed by atoms with Crippen LogP contribution in [0, 0.1) is 0 Å². The largest absolute Gasteiger partial charge is 0.512 e. The van der Waals surface area contributed by atoms with Crippen LogP contribution in [-0.4, -0.2) is 64.8 Å². The maximum absolute atomic E-state index is 10.4. The molecule has 0 heterocycles. The number of carbonyl (C=O) groups excluding carboxylic acids is 3. The van der Waals surface area contributed by atoms with E-state index in [2.05, 4.69) is 21.1 Å². The molecule has 0 aliphatic heterocycles. The minimum atomic E-state index is -0.502. The van der Waals surface area contributed by atoms with Gasteiger partial charge in [-0.2, -0.15) is 0 Å². The molecule has 192 valence electrons. The Morgan fingerprint density at radius 1 is 0.636 bits per heavy atom. The van der Waals surface area contributed by atoms with Crippen molar-refractivity contribution >= 4 is 17.9 Å². The van der Waals surface area contributed by atoms with Gasteiger partial charge in [0, 0.05) is 28.3 Å². The molecule has 10 nitrogen and oxygen atoms in total. The number of allylic oxidation sites excluding steroid dienone is 3. The van der Waals surface area contributed by atoms with Gasteiger partial charge in [0.1, 0.15) is 0 Å². The third-order valence-electron chi connectivity index (χ3n) is 2.35. The summed E-state index contributed by atoms with van der Waals surface area (Å²) < 4.78 is 13.4. The second-order valence-electron chi connectivity index (χ2n) is 5.69. The molecule has 0 unspecified atom stereocenters. The summed E-state index contributed by atoms with van der Waals surface area (Å²) in [5.41, 5.74) is 0. The van der Waals surface area contributed by atoms with Crippen molar-refractivity contribution in [2.24, 2.45) is 0 Å². The number of hydrogen-bond acceptors (Lipinski definition) is 10. The summed E-state index contributed by atoms with van der Waals surface area (Å²) in [6, 6.07) is 0. The minimum absolute atomic E-state index is 0. The topological polar surface area (TPSA) is 160 Å². The first-order valence-electron chi connectivity index (χ1n) is 10.1. The van der Waals surface area contributed by atoms with Gasteiger partial charge in [-0.3, -0.25) is 0 Å². The zero-order valence-electron chi connectivity index (χ0n) is 20.7. The molecule has 0 amide bonds. The van der Waals surface area contributed by atoms with E-state index in [0.29, 0.717) is 26.4 Å². The number of carbonyl (C=O) groups is 3. The number of hydrogen-bond donors (Lipinski definition) is 4. The van der Waals surface area contributed by atoms with Gasteiger partial charge >= 0.3 is 17.9 Å². The Hall–Kier alpha value is -2.30. The molecular formula is C22H40O10Ti. The second kappa shape index (κ2) is 31.9.